The van der Waals surface area contributed by atoms with Crippen LogP contribution in [0.2, 0.25) is 0 Å². The zero-order valence-corrected chi connectivity index (χ0v) is 16.2. The molecule has 0 spiro atoms. The molecule has 6 nitrogen and oxygen atoms in total. The Labute approximate surface area is 147 Å². The summed E-state index contributed by atoms with van der Waals surface area (Å²) in [5, 5.41) is 21.0. The largest absolute Gasteiger partial charge is 2.00 e. The fourth-order valence-corrected chi connectivity index (χ4v) is 1.26. The Morgan fingerprint density at radius 1 is 1.05 bits per heavy atom. The van der Waals surface area contributed by atoms with E-state index in [0.717, 1.165) is 5.56 Å². The van der Waals surface area contributed by atoms with Gasteiger partial charge < -0.3 is 35.9 Å². The maximum absolute atomic E-state index is 5.00. The minimum Gasteiger partial charge on any atom is -0.741 e. The fraction of sp³-hybridized carbons (Fsp3) is 0.167. The molecule has 1 rings (SSSR count). The SMILES string of the molecule is CNC([S-])=NN=CC=NN=C([S-])NCc1ccccc1.[Zn+2]. The van der Waals surface area contributed by atoms with Gasteiger partial charge in [-0.15, -0.1) is 0 Å². The first-order valence-corrected chi connectivity index (χ1v) is 6.54. The minimum atomic E-state index is 0. The van der Waals surface area contributed by atoms with Crippen molar-refractivity contribution in [2.75, 3.05) is 7.05 Å². The van der Waals surface area contributed by atoms with E-state index in [1.807, 2.05) is 30.3 Å². The molecule has 0 amide bonds. The summed E-state index contributed by atoms with van der Waals surface area (Å²) in [4.78, 5) is 0. The molecule has 0 saturated carbocycles. The van der Waals surface area contributed by atoms with Gasteiger partial charge in [0, 0.05) is 13.6 Å². The average Bonchev–Trinajstić information content (AvgIpc) is 2.49. The van der Waals surface area contributed by atoms with Crippen LogP contribution in [0.15, 0.2) is 50.7 Å². The molecule has 106 valence electrons. The van der Waals surface area contributed by atoms with Gasteiger partial charge in [0.2, 0.25) is 0 Å². The molecule has 0 fully saturated rings. The summed E-state index contributed by atoms with van der Waals surface area (Å²) < 4.78 is 0. The molecule has 0 aromatic heterocycles. The van der Waals surface area contributed by atoms with E-state index >= 15 is 0 Å². The predicted octanol–water partition coefficient (Wildman–Crippen LogP) is 0.770. The minimum absolute atomic E-state index is 0. The first kappa shape index (κ1) is 19.6. The molecule has 0 aliphatic carbocycles. The van der Waals surface area contributed by atoms with Gasteiger partial charge in [-0.05, 0) is 15.9 Å². The first-order chi connectivity index (χ1) is 9.72. The van der Waals surface area contributed by atoms with Crippen LogP contribution in [0, 0.1) is 0 Å². The van der Waals surface area contributed by atoms with Crippen molar-refractivity contribution in [1.82, 2.24) is 10.6 Å². The normalized spacial score (nSPS) is 12.4. The van der Waals surface area contributed by atoms with Crippen molar-refractivity contribution in [1.29, 1.82) is 0 Å². The van der Waals surface area contributed by atoms with E-state index < -0.39 is 0 Å². The van der Waals surface area contributed by atoms with Crippen molar-refractivity contribution >= 4 is 48.0 Å². The van der Waals surface area contributed by atoms with E-state index in [-0.39, 0.29) is 19.5 Å². The number of rotatable bonds is 5. The van der Waals surface area contributed by atoms with E-state index in [0.29, 0.717) is 16.9 Å². The van der Waals surface area contributed by atoms with Crippen molar-refractivity contribution in [3.8, 4) is 0 Å². The molecule has 0 heterocycles. The van der Waals surface area contributed by atoms with Gasteiger partial charge in [-0.3, -0.25) is 0 Å². The maximum Gasteiger partial charge on any atom is 2.00 e. The molecule has 1 aromatic carbocycles. The molecule has 9 heteroatoms. The molecule has 1 aromatic rings. The Balaban J connectivity index is 0.00000400. The van der Waals surface area contributed by atoms with Crippen LogP contribution in [-0.4, -0.2) is 29.8 Å². The topological polar surface area (TPSA) is 73.5 Å². The molecular weight excluding hydrogens is 358 g/mol. The Kier molecular flexibility index (Phi) is 11.5. The van der Waals surface area contributed by atoms with E-state index in [2.05, 4.69) is 31.0 Å². The van der Waals surface area contributed by atoms with E-state index in [4.69, 9.17) is 25.3 Å². The van der Waals surface area contributed by atoms with E-state index in [1.165, 1.54) is 12.4 Å². The number of nitrogens with one attached hydrogen (secondary N) is 2. The summed E-state index contributed by atoms with van der Waals surface area (Å²) in [6.07, 6.45) is 2.74. The number of hydrogen-bond acceptors (Lipinski definition) is 6. The smallest absolute Gasteiger partial charge is 0.741 e. The Morgan fingerprint density at radius 3 is 2.19 bits per heavy atom. The maximum atomic E-state index is 5.00. The van der Waals surface area contributed by atoms with Crippen LogP contribution < -0.4 is 10.6 Å². The number of hydrogen-bond donors (Lipinski definition) is 2. The van der Waals surface area contributed by atoms with Crippen molar-refractivity contribution in [2.45, 2.75) is 6.54 Å². The Hall–Kier alpha value is -1.44. The van der Waals surface area contributed by atoms with Gasteiger partial charge in [-0.2, -0.15) is 20.4 Å². The Bertz CT molecular complexity index is 516. The molecule has 2 N–H and O–H groups in total. The van der Waals surface area contributed by atoms with E-state index in [1.54, 1.807) is 7.05 Å². The van der Waals surface area contributed by atoms with Crippen LogP contribution >= 0.6 is 0 Å². The van der Waals surface area contributed by atoms with Crippen LogP contribution in [0.3, 0.4) is 0 Å². The molecule has 21 heavy (non-hydrogen) atoms. The van der Waals surface area contributed by atoms with Gasteiger partial charge in [0.25, 0.3) is 0 Å². The second-order valence-electron chi connectivity index (χ2n) is 3.43. The van der Waals surface area contributed by atoms with Crippen molar-refractivity contribution < 1.29 is 19.5 Å². The van der Waals surface area contributed by atoms with Crippen molar-refractivity contribution in [3.63, 3.8) is 0 Å². The van der Waals surface area contributed by atoms with Gasteiger partial charge in [-0.25, -0.2) is 0 Å². The molecular formula is C12H14N6S2Zn. The summed E-state index contributed by atoms with van der Waals surface area (Å²) >= 11 is 9.77. The second-order valence-corrected chi connectivity index (χ2v) is 4.20. The third-order valence-electron chi connectivity index (χ3n) is 2.00. The van der Waals surface area contributed by atoms with Gasteiger partial charge in [-0.1, -0.05) is 30.3 Å². The monoisotopic (exact) mass is 370 g/mol. The molecule has 0 atom stereocenters. The third kappa shape index (κ3) is 10.0. The van der Waals surface area contributed by atoms with Crippen LogP contribution in [0.25, 0.3) is 0 Å². The molecule has 0 aliphatic rings. The molecule has 0 radical (unpaired) electrons. The Morgan fingerprint density at radius 2 is 1.62 bits per heavy atom. The standard InChI is InChI=1S/C12H16N6S2.Zn/c1-13-11(19)17-15-7-8-16-18-12(20)14-9-10-5-3-2-4-6-10;/h2-8H,9H2,1H3,(H2,13,17,19)(H2,14,18,20);/q;+2/p-2. The van der Waals surface area contributed by atoms with Crippen molar-refractivity contribution in [2.24, 2.45) is 20.4 Å². The molecule has 0 bridgehead atoms. The van der Waals surface area contributed by atoms with Gasteiger partial charge >= 0.3 is 19.5 Å². The van der Waals surface area contributed by atoms with Crippen molar-refractivity contribution in [3.05, 3.63) is 35.9 Å². The van der Waals surface area contributed by atoms with Gasteiger partial charge in [0.15, 0.2) is 0 Å². The van der Waals surface area contributed by atoms with Crippen LogP contribution in [0.5, 0.6) is 0 Å². The number of amidine groups is 2. The average molecular weight is 372 g/mol. The van der Waals surface area contributed by atoms with Gasteiger partial charge in [0.1, 0.15) is 0 Å². The second kappa shape index (κ2) is 12.3. The summed E-state index contributed by atoms with van der Waals surface area (Å²) in [5.74, 6) is 0. The number of benzene rings is 1. The molecule has 0 unspecified atom stereocenters. The number of nitrogens with zero attached hydrogens (tertiary/aromatic N) is 4. The summed E-state index contributed by atoms with van der Waals surface area (Å²) in [6, 6.07) is 9.88. The summed E-state index contributed by atoms with van der Waals surface area (Å²) in [5.41, 5.74) is 1.12. The first-order valence-electron chi connectivity index (χ1n) is 5.72. The summed E-state index contributed by atoms with van der Waals surface area (Å²) in [7, 11) is 1.67. The van der Waals surface area contributed by atoms with Crippen LogP contribution in [0.1, 0.15) is 5.56 Å². The summed E-state index contributed by atoms with van der Waals surface area (Å²) in [6.45, 7) is 0.610. The van der Waals surface area contributed by atoms with Crippen LogP contribution in [-0.2, 0) is 51.3 Å². The fourth-order valence-electron chi connectivity index (χ4n) is 1.09. The molecule has 0 saturated heterocycles. The zero-order chi connectivity index (χ0) is 14.6. The van der Waals surface area contributed by atoms with Gasteiger partial charge in [0.05, 0.1) is 12.4 Å². The molecule has 0 aliphatic heterocycles. The third-order valence-corrected chi connectivity index (χ3v) is 2.51. The zero-order valence-electron chi connectivity index (χ0n) is 11.6. The quantitative estimate of drug-likeness (QED) is 0.264. The van der Waals surface area contributed by atoms with E-state index in [9.17, 15) is 0 Å². The predicted molar refractivity (Wildman–Crippen MR) is 88.9 cm³/mol. The van der Waals surface area contributed by atoms with Crippen LogP contribution in [0.4, 0.5) is 0 Å².